The fourth-order valence-corrected chi connectivity index (χ4v) is 2.27. The highest BCUT2D eigenvalue weighted by atomic mass is 35.5. The number of nitrogens with zero attached hydrogens (tertiary/aromatic N) is 1. The van der Waals surface area contributed by atoms with Crippen molar-refractivity contribution in [3.63, 3.8) is 0 Å². The fraction of sp³-hybridized carbons (Fsp3) is 0.167. The minimum absolute atomic E-state index is 0.125. The second kappa shape index (κ2) is 4.51. The maximum atomic E-state index is 10.7. The van der Waals surface area contributed by atoms with Crippen LogP contribution in [0, 0.1) is 6.92 Å². The maximum Gasteiger partial charge on any atom is 0.309 e. The van der Waals surface area contributed by atoms with Gasteiger partial charge in [-0.15, -0.1) is 0 Å². The summed E-state index contributed by atoms with van der Waals surface area (Å²) < 4.78 is 0. The summed E-state index contributed by atoms with van der Waals surface area (Å²) in [6.45, 7) is 1.86. The largest absolute Gasteiger partial charge is 0.481 e. The number of hydrogen-bond donors (Lipinski definition) is 1. The predicted molar refractivity (Wildman–Crippen MR) is 67.8 cm³/mol. The predicted octanol–water partition coefficient (Wildman–Crippen LogP) is 3.48. The number of aromatic nitrogens is 1. The highest BCUT2D eigenvalue weighted by Crippen LogP contribution is 2.31. The average Bonchev–Trinajstić information content (AvgIpc) is 2.22. The number of fused-ring (bicyclic) bond motifs is 1. The molecule has 0 radical (unpaired) electrons. The molecule has 1 N–H and O–H groups in total. The first-order valence-corrected chi connectivity index (χ1v) is 5.70. The molecule has 17 heavy (non-hydrogen) atoms. The minimum atomic E-state index is -0.922. The van der Waals surface area contributed by atoms with Gasteiger partial charge < -0.3 is 5.11 Å². The lowest BCUT2D eigenvalue weighted by Crippen LogP contribution is -2.03. The first-order chi connectivity index (χ1) is 7.99. The van der Waals surface area contributed by atoms with Crippen LogP contribution in [-0.2, 0) is 11.2 Å². The van der Waals surface area contributed by atoms with Gasteiger partial charge in [0.1, 0.15) is 0 Å². The Balaban J connectivity index is 2.72. The van der Waals surface area contributed by atoms with Gasteiger partial charge in [0, 0.05) is 5.39 Å². The van der Waals surface area contributed by atoms with E-state index in [0.29, 0.717) is 21.3 Å². The van der Waals surface area contributed by atoms with Crippen molar-refractivity contribution >= 4 is 40.1 Å². The van der Waals surface area contributed by atoms with E-state index in [4.69, 9.17) is 28.3 Å². The van der Waals surface area contributed by atoms with Crippen LogP contribution < -0.4 is 0 Å². The number of hydrogen-bond acceptors (Lipinski definition) is 2. The van der Waals surface area contributed by atoms with Crippen LogP contribution in [0.5, 0.6) is 0 Å². The van der Waals surface area contributed by atoms with E-state index in [0.717, 1.165) is 10.9 Å². The number of aryl methyl sites for hydroxylation is 1. The first kappa shape index (κ1) is 12.1. The standard InChI is InChI=1S/C12H9Cl2NO2/c1-6-4-7(5-10(16)17)15-12-9(14)3-2-8(13)11(6)12/h2-4H,5H2,1H3,(H,16,17). The molecule has 88 valence electrons. The van der Waals surface area contributed by atoms with Gasteiger partial charge in [-0.2, -0.15) is 0 Å². The summed E-state index contributed by atoms with van der Waals surface area (Å²) in [5.41, 5.74) is 1.90. The van der Waals surface area contributed by atoms with Crippen molar-refractivity contribution < 1.29 is 9.90 Å². The van der Waals surface area contributed by atoms with E-state index in [1.807, 2.05) is 6.92 Å². The molecule has 1 heterocycles. The van der Waals surface area contributed by atoms with E-state index in [9.17, 15) is 4.79 Å². The Morgan fingerprint density at radius 3 is 2.65 bits per heavy atom. The molecular formula is C12H9Cl2NO2. The molecule has 0 aliphatic rings. The number of halogens is 2. The third kappa shape index (κ3) is 2.35. The van der Waals surface area contributed by atoms with Gasteiger partial charge in [-0.05, 0) is 30.7 Å². The van der Waals surface area contributed by atoms with Gasteiger partial charge in [0.2, 0.25) is 0 Å². The number of carboxylic acids is 1. The zero-order valence-corrected chi connectivity index (χ0v) is 10.5. The van der Waals surface area contributed by atoms with Crippen LogP contribution in [0.25, 0.3) is 10.9 Å². The van der Waals surface area contributed by atoms with Gasteiger partial charge in [-0.25, -0.2) is 0 Å². The molecular weight excluding hydrogens is 261 g/mol. The smallest absolute Gasteiger partial charge is 0.309 e. The molecule has 0 saturated heterocycles. The van der Waals surface area contributed by atoms with Crippen molar-refractivity contribution in [2.75, 3.05) is 0 Å². The third-order valence-corrected chi connectivity index (χ3v) is 3.06. The molecule has 0 aliphatic carbocycles. The van der Waals surface area contributed by atoms with Gasteiger partial charge in [0.05, 0.1) is 27.7 Å². The van der Waals surface area contributed by atoms with Crippen molar-refractivity contribution in [3.05, 3.63) is 39.5 Å². The molecule has 0 unspecified atom stereocenters. The molecule has 3 nitrogen and oxygen atoms in total. The highest BCUT2D eigenvalue weighted by molar-refractivity contribution is 6.40. The second-order valence-corrected chi connectivity index (χ2v) is 4.57. The zero-order chi connectivity index (χ0) is 12.6. The average molecular weight is 270 g/mol. The first-order valence-electron chi connectivity index (χ1n) is 4.95. The fourth-order valence-electron chi connectivity index (χ4n) is 1.77. The summed E-state index contributed by atoms with van der Waals surface area (Å²) in [5.74, 6) is -0.922. The summed E-state index contributed by atoms with van der Waals surface area (Å²) in [5, 5.41) is 10.6. The zero-order valence-electron chi connectivity index (χ0n) is 9.00. The Labute approximate surface area is 108 Å². The molecule has 1 aromatic heterocycles. The Bertz CT molecular complexity index is 611. The Morgan fingerprint density at radius 1 is 1.35 bits per heavy atom. The van der Waals surface area contributed by atoms with Crippen molar-refractivity contribution in [1.29, 1.82) is 0 Å². The summed E-state index contributed by atoms with van der Waals surface area (Å²) in [4.78, 5) is 14.9. The second-order valence-electron chi connectivity index (χ2n) is 3.75. The van der Waals surface area contributed by atoms with Gasteiger partial charge in [0.15, 0.2) is 0 Å². The van der Waals surface area contributed by atoms with E-state index < -0.39 is 5.97 Å². The van der Waals surface area contributed by atoms with Crippen molar-refractivity contribution in [1.82, 2.24) is 4.98 Å². The molecule has 0 bridgehead atoms. The van der Waals surface area contributed by atoms with E-state index in [-0.39, 0.29) is 6.42 Å². The lowest BCUT2D eigenvalue weighted by molar-refractivity contribution is -0.136. The van der Waals surface area contributed by atoms with Crippen molar-refractivity contribution in [2.24, 2.45) is 0 Å². The van der Waals surface area contributed by atoms with Crippen LogP contribution in [0.15, 0.2) is 18.2 Å². The normalized spacial score (nSPS) is 10.8. The number of carbonyl (C=O) groups is 1. The highest BCUT2D eigenvalue weighted by Gasteiger charge is 2.11. The summed E-state index contributed by atoms with van der Waals surface area (Å²) in [7, 11) is 0. The SMILES string of the molecule is Cc1cc(CC(=O)O)nc2c(Cl)ccc(Cl)c12. The molecule has 0 saturated carbocycles. The Hall–Kier alpha value is -1.32. The lowest BCUT2D eigenvalue weighted by Gasteiger charge is -2.08. The molecule has 0 fully saturated rings. The van der Waals surface area contributed by atoms with Crippen LogP contribution in [0.4, 0.5) is 0 Å². The number of carboxylic acid groups (broad SMARTS) is 1. The van der Waals surface area contributed by atoms with E-state index in [1.54, 1.807) is 18.2 Å². The Morgan fingerprint density at radius 2 is 2.00 bits per heavy atom. The van der Waals surface area contributed by atoms with Gasteiger partial charge in [0.25, 0.3) is 0 Å². The Kier molecular flexibility index (Phi) is 3.22. The van der Waals surface area contributed by atoms with Crippen LogP contribution in [0.1, 0.15) is 11.3 Å². The number of rotatable bonds is 2. The van der Waals surface area contributed by atoms with E-state index >= 15 is 0 Å². The quantitative estimate of drug-likeness (QED) is 0.908. The van der Waals surface area contributed by atoms with Crippen LogP contribution in [0.2, 0.25) is 10.0 Å². The topological polar surface area (TPSA) is 50.2 Å². The summed E-state index contributed by atoms with van der Waals surface area (Å²) >= 11 is 12.1. The molecule has 1 aromatic carbocycles. The minimum Gasteiger partial charge on any atom is -0.481 e. The van der Waals surface area contributed by atoms with E-state index in [2.05, 4.69) is 4.98 Å². The molecule has 0 spiro atoms. The monoisotopic (exact) mass is 269 g/mol. The van der Waals surface area contributed by atoms with Crippen LogP contribution in [-0.4, -0.2) is 16.1 Å². The summed E-state index contributed by atoms with van der Waals surface area (Å²) in [6.07, 6.45) is -0.125. The molecule has 0 aliphatic heterocycles. The number of benzene rings is 1. The molecule has 5 heteroatoms. The van der Waals surface area contributed by atoms with E-state index in [1.165, 1.54) is 0 Å². The molecule has 2 rings (SSSR count). The maximum absolute atomic E-state index is 10.7. The van der Waals surface area contributed by atoms with Gasteiger partial charge in [-0.1, -0.05) is 23.2 Å². The summed E-state index contributed by atoms with van der Waals surface area (Å²) in [6, 6.07) is 5.08. The van der Waals surface area contributed by atoms with Crippen molar-refractivity contribution in [3.8, 4) is 0 Å². The number of aliphatic carboxylic acids is 1. The third-order valence-electron chi connectivity index (χ3n) is 2.44. The lowest BCUT2D eigenvalue weighted by atomic mass is 10.1. The van der Waals surface area contributed by atoms with Gasteiger partial charge >= 0.3 is 5.97 Å². The van der Waals surface area contributed by atoms with Crippen LogP contribution in [0.3, 0.4) is 0 Å². The molecule has 0 atom stereocenters. The van der Waals surface area contributed by atoms with Crippen molar-refractivity contribution in [2.45, 2.75) is 13.3 Å². The molecule has 0 amide bonds. The van der Waals surface area contributed by atoms with Crippen LogP contribution >= 0.6 is 23.2 Å². The molecule has 2 aromatic rings. The van der Waals surface area contributed by atoms with Gasteiger partial charge in [-0.3, -0.25) is 9.78 Å². The number of pyridine rings is 1.